The van der Waals surface area contributed by atoms with Gasteiger partial charge in [-0.05, 0) is 39.8 Å². The van der Waals surface area contributed by atoms with Crippen LogP contribution in [0, 0.1) is 0 Å². The Labute approximate surface area is 131 Å². The van der Waals surface area contributed by atoms with Gasteiger partial charge in [0.25, 0.3) is 5.91 Å². The molecule has 5 nitrogen and oxygen atoms in total. The Morgan fingerprint density at radius 3 is 2.68 bits per heavy atom. The molecule has 0 unspecified atom stereocenters. The summed E-state index contributed by atoms with van der Waals surface area (Å²) >= 11 is 0. The van der Waals surface area contributed by atoms with E-state index in [2.05, 4.69) is 42.5 Å². The molecule has 0 saturated heterocycles. The van der Waals surface area contributed by atoms with Gasteiger partial charge in [-0.15, -0.1) is 0 Å². The van der Waals surface area contributed by atoms with Crippen LogP contribution in [0.2, 0.25) is 0 Å². The molecular formula is C17H24N4O. The number of carbonyl (C=O) groups is 1. The molecule has 0 spiro atoms. The lowest BCUT2D eigenvalue weighted by Crippen LogP contribution is -2.37. The summed E-state index contributed by atoms with van der Waals surface area (Å²) < 4.78 is 2.21. The highest BCUT2D eigenvalue weighted by Crippen LogP contribution is 2.24. The van der Waals surface area contributed by atoms with Crippen LogP contribution in [0.4, 0.5) is 0 Å². The Balaban J connectivity index is 2.09. The third-order valence-corrected chi connectivity index (χ3v) is 4.36. The van der Waals surface area contributed by atoms with Gasteiger partial charge in [0.2, 0.25) is 0 Å². The van der Waals surface area contributed by atoms with Crippen molar-refractivity contribution in [3.05, 3.63) is 29.6 Å². The predicted molar refractivity (Wildman–Crippen MR) is 87.9 cm³/mol. The SMILES string of the molecule is CC(C)N(Cc1nc2cccc3c2n1CCNC3=O)C(C)C. The van der Waals surface area contributed by atoms with Crippen LogP contribution in [-0.2, 0) is 13.1 Å². The summed E-state index contributed by atoms with van der Waals surface area (Å²) in [5.41, 5.74) is 2.62. The Kier molecular flexibility index (Phi) is 3.91. The first-order chi connectivity index (χ1) is 10.5. The maximum Gasteiger partial charge on any atom is 0.253 e. The zero-order valence-electron chi connectivity index (χ0n) is 13.8. The number of carbonyl (C=O) groups excluding carboxylic acids is 1. The first-order valence-electron chi connectivity index (χ1n) is 8.01. The van der Waals surface area contributed by atoms with E-state index in [1.54, 1.807) is 0 Å². The molecule has 5 heteroatoms. The van der Waals surface area contributed by atoms with Gasteiger partial charge in [0.05, 0.1) is 23.1 Å². The van der Waals surface area contributed by atoms with Crippen molar-refractivity contribution in [2.45, 2.75) is 52.9 Å². The van der Waals surface area contributed by atoms with E-state index in [1.165, 1.54) is 0 Å². The van der Waals surface area contributed by atoms with Crippen molar-refractivity contribution in [1.29, 1.82) is 0 Å². The van der Waals surface area contributed by atoms with Crippen LogP contribution in [0.15, 0.2) is 18.2 Å². The van der Waals surface area contributed by atoms with Gasteiger partial charge in [-0.25, -0.2) is 4.98 Å². The summed E-state index contributed by atoms with van der Waals surface area (Å²) in [4.78, 5) is 19.4. The topological polar surface area (TPSA) is 50.2 Å². The van der Waals surface area contributed by atoms with Gasteiger partial charge in [-0.3, -0.25) is 9.69 Å². The lowest BCUT2D eigenvalue weighted by Gasteiger charge is -2.30. The van der Waals surface area contributed by atoms with Crippen LogP contribution in [0.3, 0.4) is 0 Å². The number of amides is 1. The average Bonchev–Trinajstić information content (AvgIpc) is 2.71. The number of nitrogens with zero attached hydrogens (tertiary/aromatic N) is 3. The quantitative estimate of drug-likeness (QED) is 0.943. The molecular weight excluding hydrogens is 276 g/mol. The van der Waals surface area contributed by atoms with Crippen LogP contribution in [-0.4, -0.2) is 39.0 Å². The molecule has 1 aromatic heterocycles. The standard InChI is InChI=1S/C17H24N4O/c1-11(2)21(12(3)4)10-15-19-14-7-5-6-13-16(14)20(15)9-8-18-17(13)22/h5-7,11-12H,8-10H2,1-4H3,(H,18,22). The van der Waals surface area contributed by atoms with Crippen molar-refractivity contribution in [3.8, 4) is 0 Å². The maximum atomic E-state index is 12.2. The fraction of sp³-hybridized carbons (Fsp3) is 0.529. The molecule has 1 aliphatic rings. The third kappa shape index (κ3) is 2.50. The molecule has 1 N–H and O–H groups in total. The minimum atomic E-state index is 0.000347. The van der Waals surface area contributed by atoms with Gasteiger partial charge in [-0.1, -0.05) is 6.07 Å². The summed E-state index contributed by atoms with van der Waals surface area (Å²) in [5, 5.41) is 2.96. The van der Waals surface area contributed by atoms with E-state index < -0.39 is 0 Å². The van der Waals surface area contributed by atoms with Crippen LogP contribution in [0.25, 0.3) is 11.0 Å². The number of benzene rings is 1. The molecule has 22 heavy (non-hydrogen) atoms. The van der Waals surface area contributed by atoms with Crippen molar-refractivity contribution in [1.82, 2.24) is 19.8 Å². The molecule has 1 aromatic carbocycles. The van der Waals surface area contributed by atoms with Gasteiger partial charge in [0, 0.05) is 25.2 Å². The minimum absolute atomic E-state index is 0.000347. The van der Waals surface area contributed by atoms with E-state index in [9.17, 15) is 4.79 Å². The second kappa shape index (κ2) is 5.72. The molecule has 2 heterocycles. The molecule has 0 bridgehead atoms. The zero-order chi connectivity index (χ0) is 15.9. The molecule has 118 valence electrons. The molecule has 0 radical (unpaired) electrons. The molecule has 0 saturated carbocycles. The van der Waals surface area contributed by atoms with Crippen molar-refractivity contribution < 1.29 is 4.79 Å². The van der Waals surface area contributed by atoms with Crippen LogP contribution >= 0.6 is 0 Å². The molecule has 0 aliphatic carbocycles. The van der Waals surface area contributed by atoms with Crippen molar-refractivity contribution in [3.63, 3.8) is 0 Å². The second-order valence-electron chi connectivity index (χ2n) is 6.47. The normalized spacial score (nSPS) is 15.0. The van der Waals surface area contributed by atoms with Crippen LogP contribution in [0.5, 0.6) is 0 Å². The summed E-state index contributed by atoms with van der Waals surface area (Å²) in [7, 11) is 0. The molecule has 0 atom stereocenters. The van der Waals surface area contributed by atoms with Crippen LogP contribution in [0.1, 0.15) is 43.9 Å². The van der Waals surface area contributed by atoms with Gasteiger partial charge < -0.3 is 9.88 Å². The summed E-state index contributed by atoms with van der Waals surface area (Å²) in [6.07, 6.45) is 0. The van der Waals surface area contributed by atoms with E-state index in [1.807, 2.05) is 18.2 Å². The summed E-state index contributed by atoms with van der Waals surface area (Å²) in [6.45, 7) is 11.1. The van der Waals surface area contributed by atoms with Crippen molar-refractivity contribution in [2.75, 3.05) is 6.54 Å². The fourth-order valence-corrected chi connectivity index (χ4v) is 3.28. The Hall–Kier alpha value is -1.88. The number of imidazole rings is 1. The summed E-state index contributed by atoms with van der Waals surface area (Å²) in [6, 6.07) is 6.70. The number of hydrogen-bond acceptors (Lipinski definition) is 3. The zero-order valence-corrected chi connectivity index (χ0v) is 13.8. The Bertz CT molecular complexity index is 694. The highest BCUT2D eigenvalue weighted by Gasteiger charge is 2.23. The van der Waals surface area contributed by atoms with Gasteiger partial charge in [0.15, 0.2) is 0 Å². The van der Waals surface area contributed by atoms with Gasteiger partial charge in [-0.2, -0.15) is 0 Å². The monoisotopic (exact) mass is 300 g/mol. The molecule has 0 fully saturated rings. The van der Waals surface area contributed by atoms with E-state index in [0.29, 0.717) is 18.6 Å². The third-order valence-electron chi connectivity index (χ3n) is 4.36. The summed E-state index contributed by atoms with van der Waals surface area (Å²) in [5.74, 6) is 1.04. The molecule has 3 rings (SSSR count). The number of rotatable bonds is 4. The predicted octanol–water partition coefficient (Wildman–Crippen LogP) is 2.40. The fourth-order valence-electron chi connectivity index (χ4n) is 3.28. The van der Waals surface area contributed by atoms with Gasteiger partial charge >= 0.3 is 0 Å². The van der Waals surface area contributed by atoms with E-state index in [-0.39, 0.29) is 5.91 Å². The number of nitrogens with one attached hydrogen (secondary N) is 1. The Morgan fingerprint density at radius 1 is 1.27 bits per heavy atom. The molecule has 1 amide bonds. The van der Waals surface area contributed by atoms with E-state index >= 15 is 0 Å². The molecule has 2 aromatic rings. The average molecular weight is 300 g/mol. The van der Waals surface area contributed by atoms with E-state index in [4.69, 9.17) is 4.98 Å². The number of para-hydroxylation sites is 1. The number of aromatic nitrogens is 2. The van der Waals surface area contributed by atoms with Crippen LogP contribution < -0.4 is 5.32 Å². The maximum absolute atomic E-state index is 12.2. The lowest BCUT2D eigenvalue weighted by molar-refractivity contribution is 0.0956. The first kappa shape index (κ1) is 15.0. The Morgan fingerprint density at radius 2 is 2.00 bits per heavy atom. The lowest BCUT2D eigenvalue weighted by atomic mass is 10.2. The number of hydrogen-bond donors (Lipinski definition) is 1. The second-order valence-corrected chi connectivity index (χ2v) is 6.47. The van der Waals surface area contributed by atoms with Crippen molar-refractivity contribution >= 4 is 16.9 Å². The first-order valence-corrected chi connectivity index (χ1v) is 8.01. The highest BCUT2D eigenvalue weighted by molar-refractivity contribution is 6.05. The largest absolute Gasteiger partial charge is 0.350 e. The smallest absolute Gasteiger partial charge is 0.253 e. The highest BCUT2D eigenvalue weighted by atomic mass is 16.1. The van der Waals surface area contributed by atoms with Gasteiger partial charge in [0.1, 0.15) is 5.82 Å². The minimum Gasteiger partial charge on any atom is -0.350 e. The van der Waals surface area contributed by atoms with Crippen molar-refractivity contribution in [2.24, 2.45) is 0 Å². The van der Waals surface area contributed by atoms with E-state index in [0.717, 1.165) is 35.5 Å². The molecule has 1 aliphatic heterocycles.